The largest absolute Gasteiger partial charge is 0.397 e. The van der Waals surface area contributed by atoms with Crippen molar-refractivity contribution in [1.29, 1.82) is 0 Å². The topological polar surface area (TPSA) is 69.6 Å². The van der Waals surface area contributed by atoms with Crippen LogP contribution < -0.4 is 5.73 Å². The molecule has 5 nitrogen and oxygen atoms in total. The maximum Gasteiger partial charge on any atom is 0.184 e. The highest BCUT2D eigenvalue weighted by Gasteiger charge is 2.17. The zero-order valence-electron chi connectivity index (χ0n) is 12.0. The average Bonchev–Trinajstić information content (AvgIpc) is 2.97. The van der Waals surface area contributed by atoms with Gasteiger partial charge < -0.3 is 5.73 Å². The van der Waals surface area contributed by atoms with Crippen molar-refractivity contribution in [2.75, 3.05) is 5.73 Å². The number of halogens is 1. The maximum atomic E-state index is 6.08. The van der Waals surface area contributed by atoms with Gasteiger partial charge in [0.25, 0.3) is 0 Å². The van der Waals surface area contributed by atoms with Crippen molar-refractivity contribution in [2.24, 2.45) is 5.92 Å². The summed E-state index contributed by atoms with van der Waals surface area (Å²) in [6.45, 7) is 0.832. The Morgan fingerprint density at radius 1 is 1.24 bits per heavy atom. The molecule has 1 aromatic carbocycles. The Morgan fingerprint density at radius 2 is 2.05 bits per heavy atom. The van der Waals surface area contributed by atoms with E-state index in [4.69, 9.17) is 17.3 Å². The first kappa shape index (κ1) is 14.3. The van der Waals surface area contributed by atoms with Gasteiger partial charge in [0.05, 0.1) is 10.7 Å². The number of para-hydroxylation sites is 1. The lowest BCUT2D eigenvalue weighted by molar-refractivity contribution is 0.318. The molecule has 0 bridgehead atoms. The van der Waals surface area contributed by atoms with E-state index >= 15 is 0 Å². The number of hydrogen-bond acceptors (Lipinski definition) is 4. The highest BCUT2D eigenvalue weighted by molar-refractivity contribution is 6.33. The monoisotopic (exact) mass is 305 g/mol. The van der Waals surface area contributed by atoms with E-state index in [0.717, 1.165) is 24.4 Å². The minimum absolute atomic E-state index is 0.535. The fourth-order valence-corrected chi connectivity index (χ4v) is 3.24. The summed E-state index contributed by atoms with van der Waals surface area (Å²) < 4.78 is 1.84. The summed E-state index contributed by atoms with van der Waals surface area (Å²) in [5, 5.41) is 12.6. The molecule has 0 amide bonds. The fraction of sp³-hybridized carbons (Fsp3) is 0.533. The Morgan fingerprint density at radius 3 is 2.86 bits per heavy atom. The number of nitrogen functional groups attached to an aromatic ring is 1. The fourth-order valence-electron chi connectivity index (χ4n) is 3.06. The van der Waals surface area contributed by atoms with Crippen LogP contribution in [0.5, 0.6) is 0 Å². The molecule has 0 atom stereocenters. The van der Waals surface area contributed by atoms with Gasteiger partial charge in [-0.3, -0.25) is 0 Å². The molecule has 0 spiro atoms. The van der Waals surface area contributed by atoms with Crippen molar-refractivity contribution in [3.05, 3.63) is 23.2 Å². The van der Waals surface area contributed by atoms with Crippen LogP contribution in [0.25, 0.3) is 11.4 Å². The summed E-state index contributed by atoms with van der Waals surface area (Å²) in [7, 11) is 0. The first-order valence-electron chi connectivity index (χ1n) is 7.56. The van der Waals surface area contributed by atoms with Crippen molar-refractivity contribution >= 4 is 17.3 Å². The summed E-state index contributed by atoms with van der Waals surface area (Å²) in [6, 6.07) is 5.55. The standard InChI is InChI=1S/C15H20ClN5/c16-13-8-4-7-12(14(13)17)15-18-19-20-21(15)10-9-11-5-2-1-3-6-11/h4,7-8,11H,1-3,5-6,9-10,17H2. The molecular formula is C15H20ClN5. The van der Waals surface area contributed by atoms with Gasteiger partial charge in [0.2, 0.25) is 0 Å². The van der Waals surface area contributed by atoms with Crippen LogP contribution in [0.3, 0.4) is 0 Å². The van der Waals surface area contributed by atoms with E-state index in [1.54, 1.807) is 6.07 Å². The molecule has 1 fully saturated rings. The molecule has 1 aliphatic carbocycles. The normalized spacial score (nSPS) is 16.2. The highest BCUT2D eigenvalue weighted by Crippen LogP contribution is 2.31. The molecule has 0 radical (unpaired) electrons. The van der Waals surface area contributed by atoms with E-state index < -0.39 is 0 Å². The van der Waals surface area contributed by atoms with Gasteiger partial charge in [-0.25, -0.2) is 4.68 Å². The number of nitrogens with two attached hydrogens (primary N) is 1. The predicted octanol–water partition coefficient (Wildman–Crippen LogP) is 3.55. The van der Waals surface area contributed by atoms with Gasteiger partial charge in [-0.2, -0.15) is 0 Å². The second-order valence-electron chi connectivity index (χ2n) is 5.72. The van der Waals surface area contributed by atoms with Crippen LogP contribution in [0.1, 0.15) is 38.5 Å². The Bertz CT molecular complexity index is 604. The van der Waals surface area contributed by atoms with Crippen molar-refractivity contribution in [1.82, 2.24) is 20.2 Å². The van der Waals surface area contributed by atoms with Crippen molar-refractivity contribution in [3.63, 3.8) is 0 Å². The lowest BCUT2D eigenvalue weighted by atomic mass is 9.87. The van der Waals surface area contributed by atoms with E-state index in [9.17, 15) is 0 Å². The zero-order chi connectivity index (χ0) is 14.7. The molecule has 0 unspecified atom stereocenters. The number of nitrogens with zero attached hydrogens (tertiary/aromatic N) is 4. The molecule has 21 heavy (non-hydrogen) atoms. The molecule has 1 aliphatic rings. The van der Waals surface area contributed by atoms with Gasteiger partial charge in [-0.1, -0.05) is 49.8 Å². The molecule has 3 rings (SSSR count). The van der Waals surface area contributed by atoms with E-state index in [1.807, 2.05) is 16.8 Å². The molecule has 1 heterocycles. The summed E-state index contributed by atoms with van der Waals surface area (Å²) >= 11 is 6.08. The molecule has 112 valence electrons. The van der Waals surface area contributed by atoms with Crippen LogP contribution in [-0.2, 0) is 6.54 Å². The lowest BCUT2D eigenvalue weighted by Gasteiger charge is -2.21. The van der Waals surface area contributed by atoms with E-state index in [1.165, 1.54) is 32.1 Å². The van der Waals surface area contributed by atoms with Crippen LogP contribution in [0.15, 0.2) is 18.2 Å². The van der Waals surface area contributed by atoms with Crippen LogP contribution in [0, 0.1) is 5.92 Å². The van der Waals surface area contributed by atoms with Gasteiger partial charge in [0, 0.05) is 12.1 Å². The Balaban J connectivity index is 1.76. The quantitative estimate of drug-likeness (QED) is 0.877. The summed E-state index contributed by atoms with van der Waals surface area (Å²) in [5.74, 6) is 1.50. The number of rotatable bonds is 4. The number of aryl methyl sites for hydroxylation is 1. The summed E-state index contributed by atoms with van der Waals surface area (Å²) in [6.07, 6.45) is 7.88. The Kier molecular flexibility index (Phi) is 4.39. The van der Waals surface area contributed by atoms with Crippen molar-refractivity contribution in [2.45, 2.75) is 45.1 Å². The van der Waals surface area contributed by atoms with Gasteiger partial charge in [-0.05, 0) is 34.9 Å². The molecule has 0 aliphatic heterocycles. The molecule has 2 N–H and O–H groups in total. The van der Waals surface area contributed by atoms with E-state index in [-0.39, 0.29) is 0 Å². The van der Waals surface area contributed by atoms with Crippen molar-refractivity contribution < 1.29 is 0 Å². The van der Waals surface area contributed by atoms with Gasteiger partial charge in [0.1, 0.15) is 0 Å². The Hall–Kier alpha value is -1.62. The van der Waals surface area contributed by atoms with E-state index in [0.29, 0.717) is 16.5 Å². The van der Waals surface area contributed by atoms with Gasteiger partial charge >= 0.3 is 0 Å². The number of hydrogen-bond donors (Lipinski definition) is 1. The first-order valence-corrected chi connectivity index (χ1v) is 7.94. The number of benzene rings is 1. The van der Waals surface area contributed by atoms with E-state index in [2.05, 4.69) is 15.5 Å². The number of tetrazole rings is 1. The average molecular weight is 306 g/mol. The lowest BCUT2D eigenvalue weighted by Crippen LogP contribution is -2.12. The molecular weight excluding hydrogens is 286 g/mol. The maximum absolute atomic E-state index is 6.08. The third-order valence-corrected chi connectivity index (χ3v) is 4.63. The second-order valence-corrected chi connectivity index (χ2v) is 6.13. The van der Waals surface area contributed by atoms with Crippen molar-refractivity contribution in [3.8, 4) is 11.4 Å². The molecule has 1 saturated carbocycles. The zero-order valence-corrected chi connectivity index (χ0v) is 12.8. The predicted molar refractivity (Wildman–Crippen MR) is 83.9 cm³/mol. The molecule has 6 heteroatoms. The molecule has 1 aromatic heterocycles. The molecule has 0 saturated heterocycles. The second kappa shape index (κ2) is 6.43. The van der Waals surface area contributed by atoms with Gasteiger partial charge in [-0.15, -0.1) is 5.10 Å². The van der Waals surface area contributed by atoms with Crippen LogP contribution >= 0.6 is 11.6 Å². The first-order chi connectivity index (χ1) is 10.3. The highest BCUT2D eigenvalue weighted by atomic mass is 35.5. The minimum Gasteiger partial charge on any atom is -0.397 e. The minimum atomic E-state index is 0.535. The Labute approximate surface area is 129 Å². The SMILES string of the molecule is Nc1c(Cl)cccc1-c1nnnn1CCC1CCCCC1. The smallest absolute Gasteiger partial charge is 0.184 e. The van der Waals surface area contributed by atoms with Crippen LogP contribution in [0.4, 0.5) is 5.69 Å². The molecule has 2 aromatic rings. The summed E-state index contributed by atoms with van der Waals surface area (Å²) in [5.41, 5.74) is 7.38. The number of aromatic nitrogens is 4. The van der Waals surface area contributed by atoms with Crippen LogP contribution in [0.2, 0.25) is 5.02 Å². The summed E-state index contributed by atoms with van der Waals surface area (Å²) in [4.78, 5) is 0. The van der Waals surface area contributed by atoms with Gasteiger partial charge in [0.15, 0.2) is 5.82 Å². The third kappa shape index (κ3) is 3.18. The number of anilines is 1. The van der Waals surface area contributed by atoms with Crippen LogP contribution in [-0.4, -0.2) is 20.2 Å². The third-order valence-electron chi connectivity index (χ3n) is 4.30.